The van der Waals surface area contributed by atoms with E-state index in [-0.39, 0.29) is 5.54 Å². The second kappa shape index (κ2) is 6.07. The molecule has 108 valence electrons. The van der Waals surface area contributed by atoms with Crippen LogP contribution >= 0.6 is 0 Å². The van der Waals surface area contributed by atoms with E-state index in [2.05, 4.69) is 18.0 Å². The summed E-state index contributed by atoms with van der Waals surface area (Å²) in [6.45, 7) is 3.49. The zero-order valence-corrected chi connectivity index (χ0v) is 12.3. The predicted octanol–water partition coefficient (Wildman–Crippen LogP) is 2.31. The van der Waals surface area contributed by atoms with Gasteiger partial charge in [0.25, 0.3) is 0 Å². The number of likely N-dealkylation sites (N-methyl/N-ethyl adjacent to an activating group) is 1. The zero-order chi connectivity index (χ0) is 13.9. The molecule has 1 aliphatic carbocycles. The lowest BCUT2D eigenvalue weighted by atomic mass is 9.79. The number of aryl methyl sites for hydroxylation is 1. The molecule has 2 N–H and O–H groups in total. The summed E-state index contributed by atoms with van der Waals surface area (Å²) in [6.07, 6.45) is 4.78. The van der Waals surface area contributed by atoms with Crippen molar-refractivity contribution in [3.63, 3.8) is 0 Å². The number of rotatable bonds is 5. The number of hydrogen-bond donors (Lipinski definition) is 1. The molecule has 19 heavy (non-hydrogen) atoms. The summed E-state index contributed by atoms with van der Waals surface area (Å²) in [7, 11) is 3.95. The maximum atomic E-state index is 6.07. The molecule has 0 amide bonds. The molecule has 1 saturated carbocycles. The number of hydrogen-bond acceptors (Lipinski definition) is 4. The van der Waals surface area contributed by atoms with Crippen LogP contribution in [0.1, 0.15) is 37.2 Å². The van der Waals surface area contributed by atoms with Crippen LogP contribution in [0.25, 0.3) is 0 Å². The molecule has 0 unspecified atom stereocenters. The Labute approximate surface area is 115 Å². The van der Waals surface area contributed by atoms with Crippen LogP contribution in [-0.2, 0) is 11.3 Å². The van der Waals surface area contributed by atoms with Gasteiger partial charge in [0.15, 0.2) is 0 Å². The third kappa shape index (κ3) is 3.19. The van der Waals surface area contributed by atoms with E-state index < -0.39 is 0 Å². The summed E-state index contributed by atoms with van der Waals surface area (Å²) in [5.41, 5.74) is 6.16. The Bertz CT molecular complexity index is 395. The molecule has 0 spiro atoms. The van der Waals surface area contributed by atoms with Crippen molar-refractivity contribution in [2.24, 2.45) is 5.73 Å². The molecule has 4 nitrogen and oxygen atoms in total. The molecule has 0 radical (unpaired) electrons. The number of methoxy groups -OCH3 is 1. The van der Waals surface area contributed by atoms with Gasteiger partial charge in [-0.05, 0) is 51.8 Å². The van der Waals surface area contributed by atoms with Crippen LogP contribution in [0.3, 0.4) is 0 Å². The average molecular weight is 266 g/mol. The number of ether oxygens (including phenoxy) is 1. The highest BCUT2D eigenvalue weighted by Crippen LogP contribution is 2.34. The summed E-state index contributed by atoms with van der Waals surface area (Å²) in [5, 5.41) is 0. The Morgan fingerprint density at radius 1 is 1.42 bits per heavy atom. The van der Waals surface area contributed by atoms with Gasteiger partial charge in [-0.3, -0.25) is 4.90 Å². The lowest BCUT2D eigenvalue weighted by Gasteiger charge is -2.45. The molecule has 2 rings (SSSR count). The van der Waals surface area contributed by atoms with Gasteiger partial charge < -0.3 is 14.9 Å². The first-order valence-corrected chi connectivity index (χ1v) is 7.09. The maximum absolute atomic E-state index is 6.07. The van der Waals surface area contributed by atoms with Crippen molar-refractivity contribution in [3.8, 4) is 0 Å². The van der Waals surface area contributed by atoms with Crippen LogP contribution < -0.4 is 5.73 Å². The zero-order valence-electron chi connectivity index (χ0n) is 12.3. The highest BCUT2D eigenvalue weighted by Gasteiger charge is 2.37. The third-order valence-electron chi connectivity index (χ3n) is 4.58. The molecular weight excluding hydrogens is 240 g/mol. The van der Waals surface area contributed by atoms with Gasteiger partial charge in [0.05, 0.1) is 12.6 Å². The minimum absolute atomic E-state index is 0.0930. The van der Waals surface area contributed by atoms with E-state index in [1.165, 1.54) is 0 Å². The van der Waals surface area contributed by atoms with Gasteiger partial charge >= 0.3 is 0 Å². The average Bonchev–Trinajstić information content (AvgIpc) is 2.84. The van der Waals surface area contributed by atoms with Gasteiger partial charge in [-0.25, -0.2) is 0 Å². The number of nitrogens with zero attached hydrogens (tertiary/aromatic N) is 1. The number of nitrogens with two attached hydrogens (primary N) is 1. The van der Waals surface area contributed by atoms with Gasteiger partial charge in [-0.2, -0.15) is 0 Å². The molecule has 1 heterocycles. The van der Waals surface area contributed by atoms with Gasteiger partial charge in [0, 0.05) is 19.2 Å². The molecule has 0 aliphatic heterocycles. The standard InChI is InChI=1S/C15H26N2O2/c1-12-4-5-14(19-12)10-17(2)15(11-16)8-6-13(18-3)7-9-15/h4-5,13H,6-11,16H2,1-3H3. The fraction of sp³-hybridized carbons (Fsp3) is 0.733. The second-order valence-electron chi connectivity index (χ2n) is 5.73. The van der Waals surface area contributed by atoms with Crippen LogP contribution in [-0.4, -0.2) is 37.2 Å². The Morgan fingerprint density at radius 3 is 2.58 bits per heavy atom. The van der Waals surface area contributed by atoms with Crippen LogP contribution in [0.4, 0.5) is 0 Å². The Balaban J connectivity index is 2.00. The summed E-state index contributed by atoms with van der Waals surface area (Å²) < 4.78 is 11.1. The van der Waals surface area contributed by atoms with Gasteiger partial charge in [0.2, 0.25) is 0 Å². The summed E-state index contributed by atoms with van der Waals surface area (Å²) in [5.74, 6) is 1.98. The van der Waals surface area contributed by atoms with Crippen LogP contribution in [0, 0.1) is 6.92 Å². The molecule has 1 fully saturated rings. The van der Waals surface area contributed by atoms with Crippen LogP contribution in [0.2, 0.25) is 0 Å². The Hall–Kier alpha value is -0.840. The maximum Gasteiger partial charge on any atom is 0.118 e. The molecule has 0 saturated heterocycles. The molecule has 1 aromatic rings. The molecule has 4 heteroatoms. The van der Waals surface area contributed by atoms with E-state index in [4.69, 9.17) is 14.9 Å². The fourth-order valence-electron chi connectivity index (χ4n) is 3.08. The Morgan fingerprint density at radius 2 is 2.11 bits per heavy atom. The first-order chi connectivity index (χ1) is 9.09. The Kier molecular flexibility index (Phi) is 4.66. The minimum atomic E-state index is 0.0930. The second-order valence-corrected chi connectivity index (χ2v) is 5.73. The van der Waals surface area contributed by atoms with Crippen LogP contribution in [0.5, 0.6) is 0 Å². The van der Waals surface area contributed by atoms with Crippen molar-refractivity contribution in [2.75, 3.05) is 20.7 Å². The predicted molar refractivity (Wildman–Crippen MR) is 76.0 cm³/mol. The normalized spacial score (nSPS) is 27.9. The molecule has 0 aromatic carbocycles. The summed E-state index contributed by atoms with van der Waals surface area (Å²) in [6, 6.07) is 4.07. The van der Waals surface area contributed by atoms with Gasteiger partial charge in [-0.15, -0.1) is 0 Å². The fourth-order valence-corrected chi connectivity index (χ4v) is 3.08. The highest BCUT2D eigenvalue weighted by molar-refractivity contribution is 5.07. The topological polar surface area (TPSA) is 51.6 Å². The van der Waals surface area contributed by atoms with E-state index in [0.29, 0.717) is 12.6 Å². The molecule has 1 aromatic heterocycles. The van der Waals surface area contributed by atoms with Crippen molar-refractivity contribution in [3.05, 3.63) is 23.7 Å². The van der Waals surface area contributed by atoms with E-state index in [9.17, 15) is 0 Å². The molecule has 0 atom stereocenters. The number of furan rings is 1. The summed E-state index contributed by atoms with van der Waals surface area (Å²) in [4.78, 5) is 2.36. The molecule has 0 bridgehead atoms. The van der Waals surface area contributed by atoms with Crippen molar-refractivity contribution in [1.82, 2.24) is 4.90 Å². The van der Waals surface area contributed by atoms with Crippen molar-refractivity contribution in [1.29, 1.82) is 0 Å². The van der Waals surface area contributed by atoms with E-state index >= 15 is 0 Å². The van der Waals surface area contributed by atoms with Crippen LogP contribution in [0.15, 0.2) is 16.5 Å². The molecule has 1 aliphatic rings. The van der Waals surface area contributed by atoms with Crippen molar-refractivity contribution < 1.29 is 9.15 Å². The van der Waals surface area contributed by atoms with Gasteiger partial charge in [0.1, 0.15) is 11.5 Å². The lowest BCUT2D eigenvalue weighted by Crippen LogP contribution is -2.54. The van der Waals surface area contributed by atoms with Crippen molar-refractivity contribution in [2.45, 2.75) is 50.8 Å². The van der Waals surface area contributed by atoms with E-state index in [1.807, 2.05) is 13.0 Å². The highest BCUT2D eigenvalue weighted by atomic mass is 16.5. The minimum Gasteiger partial charge on any atom is -0.465 e. The first kappa shape index (κ1) is 14.6. The monoisotopic (exact) mass is 266 g/mol. The third-order valence-corrected chi connectivity index (χ3v) is 4.58. The van der Waals surface area contributed by atoms with Gasteiger partial charge in [-0.1, -0.05) is 0 Å². The smallest absolute Gasteiger partial charge is 0.118 e. The SMILES string of the molecule is COC1CCC(CN)(N(C)Cc2ccc(C)o2)CC1. The lowest BCUT2D eigenvalue weighted by molar-refractivity contribution is -0.00158. The van der Waals surface area contributed by atoms with E-state index in [1.54, 1.807) is 7.11 Å². The molecular formula is C15H26N2O2. The largest absolute Gasteiger partial charge is 0.465 e. The first-order valence-electron chi connectivity index (χ1n) is 7.09. The summed E-state index contributed by atoms with van der Waals surface area (Å²) >= 11 is 0. The van der Waals surface area contributed by atoms with E-state index in [0.717, 1.165) is 43.7 Å². The van der Waals surface area contributed by atoms with Crippen molar-refractivity contribution >= 4 is 0 Å². The quantitative estimate of drug-likeness (QED) is 0.888.